The topological polar surface area (TPSA) is 3.24 Å². The van der Waals surface area contributed by atoms with Crippen LogP contribution in [-0.2, 0) is 0 Å². The molecule has 0 aromatic heterocycles. The summed E-state index contributed by atoms with van der Waals surface area (Å²) in [6, 6.07) is 0. The standard InChI is InChI=1S/C12H25NS/c1-3-5-7-12(6-4-2)8-10-13(14)11-9-12/h14H,3-11H2,1-2H3. The van der Waals surface area contributed by atoms with Gasteiger partial charge in [0.2, 0.25) is 0 Å². The molecule has 0 bridgehead atoms. The number of hydrogen-bond donors (Lipinski definition) is 1. The highest BCUT2D eigenvalue weighted by molar-refractivity contribution is 7.77. The summed E-state index contributed by atoms with van der Waals surface area (Å²) in [4.78, 5) is 0. The summed E-state index contributed by atoms with van der Waals surface area (Å²) in [5.74, 6) is 0. The van der Waals surface area contributed by atoms with Crippen LogP contribution in [0, 0.1) is 5.41 Å². The molecular formula is C12H25NS. The molecule has 1 fully saturated rings. The van der Waals surface area contributed by atoms with E-state index in [1.54, 1.807) is 0 Å². The first-order valence-electron chi connectivity index (χ1n) is 6.16. The van der Waals surface area contributed by atoms with Crippen LogP contribution in [0.2, 0.25) is 0 Å². The summed E-state index contributed by atoms with van der Waals surface area (Å²) in [5.41, 5.74) is 0.671. The zero-order valence-electron chi connectivity index (χ0n) is 9.76. The Morgan fingerprint density at radius 3 is 2.21 bits per heavy atom. The van der Waals surface area contributed by atoms with E-state index in [-0.39, 0.29) is 0 Å². The van der Waals surface area contributed by atoms with E-state index in [2.05, 4.69) is 31.0 Å². The number of thiol groups is 1. The lowest BCUT2D eigenvalue weighted by Gasteiger charge is -2.40. The molecule has 0 spiro atoms. The van der Waals surface area contributed by atoms with E-state index in [4.69, 9.17) is 0 Å². The van der Waals surface area contributed by atoms with Gasteiger partial charge in [-0.2, -0.15) is 0 Å². The highest BCUT2D eigenvalue weighted by Gasteiger charge is 2.32. The molecule has 2 heteroatoms. The minimum absolute atomic E-state index is 0.671. The summed E-state index contributed by atoms with van der Waals surface area (Å²) in [5, 5.41) is 0. The predicted molar refractivity (Wildman–Crippen MR) is 66.7 cm³/mol. The number of unbranched alkanes of at least 4 members (excludes halogenated alkanes) is 1. The first-order chi connectivity index (χ1) is 6.72. The zero-order chi connectivity index (χ0) is 10.4. The lowest BCUT2D eigenvalue weighted by Crippen LogP contribution is -2.35. The van der Waals surface area contributed by atoms with E-state index >= 15 is 0 Å². The molecule has 1 rings (SSSR count). The number of rotatable bonds is 5. The summed E-state index contributed by atoms with van der Waals surface area (Å²) < 4.78 is 2.18. The monoisotopic (exact) mass is 215 g/mol. The van der Waals surface area contributed by atoms with E-state index in [0.717, 1.165) is 0 Å². The maximum absolute atomic E-state index is 4.43. The van der Waals surface area contributed by atoms with Gasteiger partial charge in [0, 0.05) is 13.1 Å². The summed E-state index contributed by atoms with van der Waals surface area (Å²) >= 11 is 4.43. The van der Waals surface area contributed by atoms with Crippen molar-refractivity contribution >= 4 is 12.8 Å². The van der Waals surface area contributed by atoms with Crippen LogP contribution in [0.4, 0.5) is 0 Å². The van der Waals surface area contributed by atoms with E-state index in [1.165, 1.54) is 58.0 Å². The Morgan fingerprint density at radius 2 is 1.71 bits per heavy atom. The van der Waals surface area contributed by atoms with E-state index in [1.807, 2.05) is 0 Å². The van der Waals surface area contributed by atoms with Crippen molar-refractivity contribution in [3.63, 3.8) is 0 Å². The lowest BCUT2D eigenvalue weighted by molar-refractivity contribution is 0.130. The molecule has 0 saturated carbocycles. The van der Waals surface area contributed by atoms with Gasteiger partial charge in [-0.05, 0) is 31.1 Å². The van der Waals surface area contributed by atoms with Crippen molar-refractivity contribution in [2.75, 3.05) is 13.1 Å². The first kappa shape index (κ1) is 12.4. The molecule has 1 saturated heterocycles. The van der Waals surface area contributed by atoms with Crippen molar-refractivity contribution in [1.29, 1.82) is 0 Å². The molecule has 0 radical (unpaired) electrons. The van der Waals surface area contributed by atoms with Crippen LogP contribution in [0.3, 0.4) is 0 Å². The van der Waals surface area contributed by atoms with Gasteiger partial charge in [0.25, 0.3) is 0 Å². The number of piperidine rings is 1. The van der Waals surface area contributed by atoms with Crippen molar-refractivity contribution < 1.29 is 0 Å². The molecular weight excluding hydrogens is 190 g/mol. The van der Waals surface area contributed by atoms with Gasteiger partial charge in [0.1, 0.15) is 0 Å². The van der Waals surface area contributed by atoms with Crippen LogP contribution in [0.25, 0.3) is 0 Å². The molecule has 1 aliphatic heterocycles. The van der Waals surface area contributed by atoms with E-state index in [0.29, 0.717) is 5.41 Å². The molecule has 0 atom stereocenters. The number of hydrogen-bond acceptors (Lipinski definition) is 2. The number of nitrogens with zero attached hydrogens (tertiary/aromatic N) is 1. The van der Waals surface area contributed by atoms with Crippen LogP contribution in [0.5, 0.6) is 0 Å². The van der Waals surface area contributed by atoms with Gasteiger partial charge in [-0.1, -0.05) is 45.9 Å². The fraction of sp³-hybridized carbons (Fsp3) is 1.00. The van der Waals surface area contributed by atoms with Crippen molar-refractivity contribution in [3.8, 4) is 0 Å². The molecule has 0 N–H and O–H groups in total. The van der Waals surface area contributed by atoms with Gasteiger partial charge in [-0.15, -0.1) is 0 Å². The molecule has 1 nitrogen and oxygen atoms in total. The molecule has 1 aliphatic rings. The third-order valence-electron chi connectivity index (χ3n) is 3.64. The minimum Gasteiger partial charge on any atom is -0.253 e. The highest BCUT2D eigenvalue weighted by Crippen LogP contribution is 2.40. The Bertz CT molecular complexity index is 145. The normalized spacial score (nSPS) is 22.5. The van der Waals surface area contributed by atoms with Crippen LogP contribution in [0.1, 0.15) is 58.8 Å². The summed E-state index contributed by atoms with van der Waals surface area (Å²) in [6.07, 6.45) is 9.70. The smallest absolute Gasteiger partial charge is 0.00922 e. The first-order valence-corrected chi connectivity index (χ1v) is 6.56. The fourth-order valence-corrected chi connectivity index (χ4v) is 2.88. The fourth-order valence-electron chi connectivity index (χ4n) is 2.68. The van der Waals surface area contributed by atoms with Crippen LogP contribution in [0.15, 0.2) is 0 Å². The second-order valence-corrected chi connectivity index (χ2v) is 5.37. The minimum atomic E-state index is 0.671. The third-order valence-corrected chi connectivity index (χ3v) is 4.04. The SMILES string of the molecule is CCCCC1(CCC)CCN(S)CC1. The molecule has 0 unspecified atom stereocenters. The van der Waals surface area contributed by atoms with Gasteiger partial charge in [-0.25, -0.2) is 0 Å². The van der Waals surface area contributed by atoms with E-state index < -0.39 is 0 Å². The van der Waals surface area contributed by atoms with Crippen molar-refractivity contribution in [2.45, 2.75) is 58.8 Å². The summed E-state index contributed by atoms with van der Waals surface area (Å²) in [6.45, 7) is 6.99. The molecule has 0 aromatic carbocycles. The van der Waals surface area contributed by atoms with Crippen molar-refractivity contribution in [3.05, 3.63) is 0 Å². The van der Waals surface area contributed by atoms with Gasteiger partial charge < -0.3 is 0 Å². The molecule has 0 aromatic rings. The Kier molecular flexibility index (Phi) is 5.32. The molecule has 14 heavy (non-hydrogen) atoms. The van der Waals surface area contributed by atoms with E-state index in [9.17, 15) is 0 Å². The molecule has 0 aliphatic carbocycles. The molecule has 84 valence electrons. The Balaban J connectivity index is 2.44. The third kappa shape index (κ3) is 3.47. The maximum Gasteiger partial charge on any atom is 0.00922 e. The maximum atomic E-state index is 4.43. The second kappa shape index (κ2) is 6.02. The Hall–Kier alpha value is 0.310. The predicted octanol–water partition coefficient (Wildman–Crippen LogP) is 3.90. The average molecular weight is 215 g/mol. The highest BCUT2D eigenvalue weighted by atomic mass is 32.1. The zero-order valence-corrected chi connectivity index (χ0v) is 10.7. The van der Waals surface area contributed by atoms with Crippen molar-refractivity contribution in [1.82, 2.24) is 4.31 Å². The van der Waals surface area contributed by atoms with Gasteiger partial charge in [0.05, 0.1) is 0 Å². The van der Waals surface area contributed by atoms with Gasteiger partial charge >= 0.3 is 0 Å². The molecule has 1 heterocycles. The quantitative estimate of drug-likeness (QED) is 0.681. The van der Waals surface area contributed by atoms with Crippen molar-refractivity contribution in [2.24, 2.45) is 5.41 Å². The van der Waals surface area contributed by atoms with Crippen LogP contribution >= 0.6 is 12.8 Å². The van der Waals surface area contributed by atoms with Gasteiger partial charge in [0.15, 0.2) is 0 Å². The van der Waals surface area contributed by atoms with Crippen LogP contribution < -0.4 is 0 Å². The largest absolute Gasteiger partial charge is 0.253 e. The lowest BCUT2D eigenvalue weighted by atomic mass is 9.72. The Labute approximate surface area is 94.8 Å². The van der Waals surface area contributed by atoms with Crippen LogP contribution in [-0.4, -0.2) is 17.4 Å². The Morgan fingerprint density at radius 1 is 1.07 bits per heavy atom. The summed E-state index contributed by atoms with van der Waals surface area (Å²) in [7, 11) is 0. The average Bonchev–Trinajstić information content (AvgIpc) is 2.20. The van der Waals surface area contributed by atoms with Gasteiger partial charge in [-0.3, -0.25) is 4.31 Å². The second-order valence-electron chi connectivity index (χ2n) is 4.81. The molecule has 0 amide bonds.